The van der Waals surface area contributed by atoms with Crippen molar-refractivity contribution in [1.82, 2.24) is 10.2 Å². The van der Waals surface area contributed by atoms with Gasteiger partial charge >= 0.3 is 0 Å². The van der Waals surface area contributed by atoms with Crippen molar-refractivity contribution in [3.63, 3.8) is 0 Å². The molecule has 0 amide bonds. The lowest BCUT2D eigenvalue weighted by Gasteiger charge is -2.36. The highest BCUT2D eigenvalue weighted by Gasteiger charge is 2.22. The van der Waals surface area contributed by atoms with Gasteiger partial charge in [-0.1, -0.05) is 6.07 Å². The Hall–Kier alpha value is -1.06. The largest absolute Gasteiger partial charge is 0.496 e. The highest BCUT2D eigenvalue weighted by atomic mass is 16.5. The molecule has 0 bridgehead atoms. The van der Waals surface area contributed by atoms with Crippen LogP contribution in [0.1, 0.15) is 16.7 Å². The molecule has 0 radical (unpaired) electrons. The van der Waals surface area contributed by atoms with Crippen LogP contribution in [0.25, 0.3) is 0 Å². The molecule has 1 aliphatic rings. The molecule has 0 saturated carbocycles. The van der Waals surface area contributed by atoms with E-state index in [4.69, 9.17) is 4.74 Å². The van der Waals surface area contributed by atoms with Crippen LogP contribution in [0.4, 0.5) is 0 Å². The molecule has 1 aromatic rings. The first-order valence-electron chi connectivity index (χ1n) is 6.17. The van der Waals surface area contributed by atoms with Crippen molar-refractivity contribution in [3.8, 4) is 5.75 Å². The fourth-order valence-corrected chi connectivity index (χ4v) is 2.31. The standard InChI is InChI=1S/C14H22N2O/c1-10-5-11(2)13(14(6-10)17-4)9-16(3)12-7-15-8-12/h5-6,12,15H,7-9H2,1-4H3. The lowest BCUT2D eigenvalue weighted by molar-refractivity contribution is 0.171. The van der Waals surface area contributed by atoms with Gasteiger partial charge in [-0.25, -0.2) is 0 Å². The van der Waals surface area contributed by atoms with E-state index in [0.717, 1.165) is 25.4 Å². The van der Waals surface area contributed by atoms with Gasteiger partial charge in [-0.3, -0.25) is 4.90 Å². The van der Waals surface area contributed by atoms with Crippen LogP contribution in [0.3, 0.4) is 0 Å². The molecule has 1 saturated heterocycles. The third-order valence-corrected chi connectivity index (χ3v) is 3.59. The van der Waals surface area contributed by atoms with Gasteiger partial charge in [-0.15, -0.1) is 0 Å². The number of nitrogens with zero attached hydrogens (tertiary/aromatic N) is 1. The first-order valence-corrected chi connectivity index (χ1v) is 6.17. The average molecular weight is 234 g/mol. The van der Waals surface area contributed by atoms with Gasteiger partial charge < -0.3 is 10.1 Å². The molecule has 3 heteroatoms. The van der Waals surface area contributed by atoms with Gasteiger partial charge in [0, 0.05) is 31.2 Å². The maximum atomic E-state index is 5.50. The summed E-state index contributed by atoms with van der Waals surface area (Å²) in [6.45, 7) is 7.44. The summed E-state index contributed by atoms with van der Waals surface area (Å²) < 4.78 is 5.50. The molecule has 0 aromatic heterocycles. The lowest BCUT2D eigenvalue weighted by Crippen LogP contribution is -2.55. The van der Waals surface area contributed by atoms with Crippen LogP contribution < -0.4 is 10.1 Å². The highest BCUT2D eigenvalue weighted by molar-refractivity contribution is 5.43. The number of rotatable bonds is 4. The van der Waals surface area contributed by atoms with Gasteiger partial charge in [-0.2, -0.15) is 0 Å². The van der Waals surface area contributed by atoms with Crippen molar-refractivity contribution in [1.29, 1.82) is 0 Å². The van der Waals surface area contributed by atoms with Crippen LogP contribution in [0, 0.1) is 13.8 Å². The molecular weight excluding hydrogens is 212 g/mol. The first-order chi connectivity index (χ1) is 8.11. The van der Waals surface area contributed by atoms with Crippen molar-refractivity contribution in [2.75, 3.05) is 27.2 Å². The summed E-state index contributed by atoms with van der Waals surface area (Å²) in [5.41, 5.74) is 3.89. The minimum absolute atomic E-state index is 0.667. The summed E-state index contributed by atoms with van der Waals surface area (Å²) in [7, 11) is 3.94. The Kier molecular flexibility index (Phi) is 3.69. The fraction of sp³-hybridized carbons (Fsp3) is 0.571. The predicted octanol–water partition coefficient (Wildman–Crippen LogP) is 1.72. The molecule has 0 unspecified atom stereocenters. The van der Waals surface area contributed by atoms with E-state index in [-0.39, 0.29) is 0 Å². The molecule has 1 aliphatic heterocycles. The van der Waals surface area contributed by atoms with Gasteiger partial charge in [0.25, 0.3) is 0 Å². The number of nitrogens with one attached hydrogen (secondary N) is 1. The van der Waals surface area contributed by atoms with Crippen molar-refractivity contribution >= 4 is 0 Å². The molecule has 1 N–H and O–H groups in total. The third kappa shape index (κ3) is 2.61. The van der Waals surface area contributed by atoms with E-state index in [1.54, 1.807) is 7.11 Å². The Bertz CT molecular complexity index is 399. The molecule has 1 heterocycles. The molecule has 1 fully saturated rings. The number of likely N-dealkylation sites (N-methyl/N-ethyl adjacent to an activating group) is 1. The summed E-state index contributed by atoms with van der Waals surface area (Å²) in [6.07, 6.45) is 0. The Morgan fingerprint density at radius 2 is 2.06 bits per heavy atom. The van der Waals surface area contributed by atoms with Crippen molar-refractivity contribution in [3.05, 3.63) is 28.8 Å². The van der Waals surface area contributed by atoms with Crippen LogP contribution in [0.5, 0.6) is 5.75 Å². The highest BCUT2D eigenvalue weighted by Crippen LogP contribution is 2.26. The fourth-order valence-electron chi connectivity index (χ4n) is 2.31. The zero-order chi connectivity index (χ0) is 12.4. The van der Waals surface area contributed by atoms with Crippen molar-refractivity contribution in [2.24, 2.45) is 0 Å². The normalized spacial score (nSPS) is 16.1. The maximum Gasteiger partial charge on any atom is 0.123 e. The Morgan fingerprint density at radius 3 is 2.59 bits per heavy atom. The van der Waals surface area contributed by atoms with E-state index in [1.807, 2.05) is 0 Å². The second-order valence-electron chi connectivity index (χ2n) is 4.99. The average Bonchev–Trinajstić information content (AvgIpc) is 2.19. The van der Waals surface area contributed by atoms with Crippen LogP contribution in [-0.2, 0) is 6.54 Å². The van der Waals surface area contributed by atoms with E-state index < -0.39 is 0 Å². The monoisotopic (exact) mass is 234 g/mol. The topological polar surface area (TPSA) is 24.5 Å². The minimum Gasteiger partial charge on any atom is -0.496 e. The summed E-state index contributed by atoms with van der Waals surface area (Å²) in [6, 6.07) is 5.01. The summed E-state index contributed by atoms with van der Waals surface area (Å²) in [4.78, 5) is 2.40. The van der Waals surface area contributed by atoms with E-state index >= 15 is 0 Å². The van der Waals surface area contributed by atoms with Crippen molar-refractivity contribution < 1.29 is 4.74 Å². The molecule has 0 spiro atoms. The number of hydrogen-bond donors (Lipinski definition) is 1. The molecular formula is C14H22N2O. The van der Waals surface area contributed by atoms with E-state index in [1.165, 1.54) is 16.7 Å². The smallest absolute Gasteiger partial charge is 0.123 e. The van der Waals surface area contributed by atoms with Gasteiger partial charge in [0.2, 0.25) is 0 Å². The molecule has 0 aliphatic carbocycles. The van der Waals surface area contributed by atoms with Crippen LogP contribution in [0.2, 0.25) is 0 Å². The molecule has 94 valence electrons. The number of hydrogen-bond acceptors (Lipinski definition) is 3. The zero-order valence-corrected chi connectivity index (χ0v) is 11.2. The van der Waals surface area contributed by atoms with E-state index in [2.05, 4.69) is 43.2 Å². The summed E-state index contributed by atoms with van der Waals surface area (Å²) in [5.74, 6) is 1.02. The lowest BCUT2D eigenvalue weighted by atomic mass is 10.0. The molecule has 3 nitrogen and oxygen atoms in total. The second kappa shape index (κ2) is 5.07. The Labute approximate surface area is 104 Å². The molecule has 0 atom stereocenters. The number of methoxy groups -OCH3 is 1. The summed E-state index contributed by atoms with van der Waals surface area (Å²) >= 11 is 0. The van der Waals surface area contributed by atoms with Crippen LogP contribution in [-0.4, -0.2) is 38.2 Å². The third-order valence-electron chi connectivity index (χ3n) is 3.59. The number of ether oxygens (including phenoxy) is 1. The second-order valence-corrected chi connectivity index (χ2v) is 4.99. The summed E-state index contributed by atoms with van der Waals surface area (Å²) in [5, 5.41) is 3.31. The zero-order valence-electron chi connectivity index (χ0n) is 11.2. The molecule has 2 rings (SSSR count). The Balaban J connectivity index is 2.18. The maximum absolute atomic E-state index is 5.50. The first kappa shape index (κ1) is 12.4. The van der Waals surface area contributed by atoms with Crippen molar-refractivity contribution in [2.45, 2.75) is 26.4 Å². The minimum atomic E-state index is 0.667. The van der Waals surface area contributed by atoms with Gasteiger partial charge in [-0.05, 0) is 38.1 Å². The molecule has 1 aromatic carbocycles. The van der Waals surface area contributed by atoms with E-state index in [9.17, 15) is 0 Å². The van der Waals surface area contributed by atoms with E-state index in [0.29, 0.717) is 6.04 Å². The Morgan fingerprint density at radius 1 is 1.35 bits per heavy atom. The van der Waals surface area contributed by atoms with Gasteiger partial charge in [0.1, 0.15) is 5.75 Å². The number of aryl methyl sites for hydroxylation is 2. The SMILES string of the molecule is COc1cc(C)cc(C)c1CN(C)C1CNC1. The number of benzene rings is 1. The van der Waals surface area contributed by atoms with Gasteiger partial charge in [0.05, 0.1) is 7.11 Å². The molecule has 17 heavy (non-hydrogen) atoms. The quantitative estimate of drug-likeness (QED) is 0.858. The predicted molar refractivity (Wildman–Crippen MR) is 70.6 cm³/mol. The van der Waals surface area contributed by atoms with Crippen LogP contribution >= 0.6 is 0 Å². The van der Waals surface area contributed by atoms with Gasteiger partial charge in [0.15, 0.2) is 0 Å². The van der Waals surface area contributed by atoms with Crippen LogP contribution in [0.15, 0.2) is 12.1 Å².